The number of fused-ring (bicyclic) bond motifs is 1. The Hall–Kier alpha value is -3.46. The van der Waals surface area contributed by atoms with Crippen molar-refractivity contribution in [3.05, 3.63) is 58.1 Å². The van der Waals surface area contributed by atoms with E-state index in [1.807, 2.05) is 13.8 Å². The van der Waals surface area contributed by atoms with Crippen LogP contribution in [-0.2, 0) is 11.3 Å². The quantitative estimate of drug-likeness (QED) is 0.508. The van der Waals surface area contributed by atoms with Crippen molar-refractivity contribution in [3.63, 3.8) is 0 Å². The fraction of sp³-hybridized carbons (Fsp3) is 0.250. The Kier molecular flexibility index (Phi) is 5.37. The zero-order valence-corrected chi connectivity index (χ0v) is 17.1. The van der Waals surface area contributed by atoms with Crippen molar-refractivity contribution in [3.8, 4) is 22.8 Å². The summed E-state index contributed by atoms with van der Waals surface area (Å²) in [5.41, 5.74) is 1.13. The average Bonchev–Trinajstić information content (AvgIpc) is 3.34. The second-order valence-electron chi connectivity index (χ2n) is 6.86. The molecule has 1 N–H and O–H groups in total. The number of nitrogens with one attached hydrogen (secondary N) is 1. The molecule has 154 valence electrons. The highest BCUT2D eigenvalue weighted by Crippen LogP contribution is 2.25. The molecule has 1 atom stereocenters. The monoisotopic (exact) mass is 426 g/mol. The minimum atomic E-state index is -0.427. The topological polar surface area (TPSA) is 107 Å². The first-order chi connectivity index (χ1) is 14.5. The first-order valence-corrected chi connectivity index (χ1v) is 9.81. The Bertz CT molecular complexity index is 1260. The summed E-state index contributed by atoms with van der Waals surface area (Å²) >= 11 is 5.92. The van der Waals surface area contributed by atoms with Crippen LogP contribution in [0.2, 0.25) is 5.02 Å². The zero-order chi connectivity index (χ0) is 21.3. The molecule has 0 aliphatic rings. The van der Waals surface area contributed by atoms with Gasteiger partial charge >= 0.3 is 5.69 Å². The van der Waals surface area contributed by atoms with Crippen molar-refractivity contribution < 1.29 is 9.32 Å². The Morgan fingerprint density at radius 1 is 1.27 bits per heavy atom. The number of aromatic nitrogens is 5. The van der Waals surface area contributed by atoms with Gasteiger partial charge in [-0.05, 0) is 49.7 Å². The lowest BCUT2D eigenvalue weighted by molar-refractivity contribution is -0.122. The van der Waals surface area contributed by atoms with Gasteiger partial charge in [0.25, 0.3) is 5.89 Å². The van der Waals surface area contributed by atoms with Crippen molar-refractivity contribution in [1.29, 1.82) is 0 Å². The van der Waals surface area contributed by atoms with Gasteiger partial charge in [-0.1, -0.05) is 23.7 Å². The molecule has 0 unspecified atom stereocenters. The molecule has 3 heterocycles. The van der Waals surface area contributed by atoms with Gasteiger partial charge in [-0.2, -0.15) is 4.98 Å². The number of carbonyl (C=O) groups excluding carboxylic acids is 1. The molecule has 0 spiro atoms. The minimum Gasteiger partial charge on any atom is -0.352 e. The normalized spacial score (nSPS) is 12.2. The summed E-state index contributed by atoms with van der Waals surface area (Å²) in [7, 11) is 0. The molecule has 0 radical (unpaired) electrons. The fourth-order valence-electron chi connectivity index (χ4n) is 2.92. The molecule has 0 bridgehead atoms. The van der Waals surface area contributed by atoms with E-state index in [1.165, 1.54) is 4.40 Å². The molecule has 0 fully saturated rings. The predicted molar refractivity (Wildman–Crippen MR) is 111 cm³/mol. The number of benzene rings is 1. The van der Waals surface area contributed by atoms with E-state index in [2.05, 4.69) is 20.6 Å². The predicted octanol–water partition coefficient (Wildman–Crippen LogP) is 2.78. The Morgan fingerprint density at radius 2 is 2.03 bits per heavy atom. The van der Waals surface area contributed by atoms with E-state index in [1.54, 1.807) is 42.6 Å². The summed E-state index contributed by atoms with van der Waals surface area (Å²) in [6, 6.07) is 10.5. The number of pyridine rings is 1. The molecule has 0 aliphatic heterocycles. The molecule has 0 aliphatic carbocycles. The molecule has 10 heteroatoms. The molecule has 0 saturated carbocycles. The van der Waals surface area contributed by atoms with E-state index >= 15 is 0 Å². The second kappa shape index (κ2) is 8.11. The van der Waals surface area contributed by atoms with Gasteiger partial charge < -0.3 is 9.84 Å². The number of hydrogen-bond acceptors (Lipinski definition) is 6. The summed E-state index contributed by atoms with van der Waals surface area (Å²) in [6.45, 7) is 3.69. The van der Waals surface area contributed by atoms with Gasteiger partial charge in [0, 0.05) is 22.8 Å². The van der Waals surface area contributed by atoms with E-state index in [-0.39, 0.29) is 24.4 Å². The third-order valence-electron chi connectivity index (χ3n) is 4.68. The third kappa shape index (κ3) is 3.84. The Balaban J connectivity index is 1.68. The maximum Gasteiger partial charge on any atom is 0.350 e. The van der Waals surface area contributed by atoms with Crippen LogP contribution in [-0.4, -0.2) is 36.3 Å². The lowest BCUT2D eigenvalue weighted by atomic mass is 10.2. The summed E-state index contributed by atoms with van der Waals surface area (Å²) in [6.07, 6.45) is 2.37. The smallest absolute Gasteiger partial charge is 0.350 e. The summed E-state index contributed by atoms with van der Waals surface area (Å²) in [4.78, 5) is 29.3. The van der Waals surface area contributed by atoms with Gasteiger partial charge in [0.15, 0.2) is 5.65 Å². The molecular weight excluding hydrogens is 408 g/mol. The highest BCUT2D eigenvalue weighted by Gasteiger charge is 2.18. The first-order valence-electron chi connectivity index (χ1n) is 9.44. The standard InChI is InChI=1S/C20H19ClN6O3/c1-3-12(2)22-16(28)11-27-20(29)26-10-4-5-15(18(26)24-27)19-23-17(25-30-19)13-6-8-14(21)9-7-13/h4-10,12H,3,11H2,1-2H3,(H,22,28)/t12-/m1/s1. The first kappa shape index (κ1) is 19.8. The molecule has 3 aromatic heterocycles. The second-order valence-corrected chi connectivity index (χ2v) is 7.30. The van der Waals surface area contributed by atoms with Gasteiger partial charge in [-0.25, -0.2) is 13.9 Å². The average molecular weight is 427 g/mol. The number of rotatable bonds is 6. The lowest BCUT2D eigenvalue weighted by Gasteiger charge is -2.10. The van der Waals surface area contributed by atoms with Crippen LogP contribution in [0.3, 0.4) is 0 Å². The summed E-state index contributed by atoms with van der Waals surface area (Å²) < 4.78 is 7.87. The van der Waals surface area contributed by atoms with E-state index in [0.717, 1.165) is 16.7 Å². The molecule has 1 amide bonds. The van der Waals surface area contributed by atoms with E-state index in [9.17, 15) is 9.59 Å². The molecule has 1 aromatic carbocycles. The SMILES string of the molecule is CC[C@@H](C)NC(=O)Cn1nc2c(-c3nc(-c4ccc(Cl)cc4)no3)cccn2c1=O. The highest BCUT2D eigenvalue weighted by atomic mass is 35.5. The van der Waals surface area contributed by atoms with Crippen LogP contribution >= 0.6 is 11.6 Å². The van der Waals surface area contributed by atoms with Gasteiger partial charge in [-0.15, -0.1) is 5.10 Å². The van der Waals surface area contributed by atoms with Crippen LogP contribution in [0, 0.1) is 0 Å². The molecular formula is C20H19ClN6O3. The number of nitrogens with zero attached hydrogens (tertiary/aromatic N) is 5. The van der Waals surface area contributed by atoms with Crippen LogP contribution in [0.1, 0.15) is 20.3 Å². The van der Waals surface area contributed by atoms with Crippen LogP contribution in [0.25, 0.3) is 28.5 Å². The fourth-order valence-corrected chi connectivity index (χ4v) is 3.04. The number of carbonyl (C=O) groups is 1. The van der Waals surface area contributed by atoms with Gasteiger partial charge in [0.2, 0.25) is 11.7 Å². The number of hydrogen-bond donors (Lipinski definition) is 1. The summed E-state index contributed by atoms with van der Waals surface area (Å²) in [5.74, 6) is 0.323. The van der Waals surface area contributed by atoms with E-state index < -0.39 is 5.69 Å². The maximum absolute atomic E-state index is 12.7. The molecule has 0 saturated heterocycles. The lowest BCUT2D eigenvalue weighted by Crippen LogP contribution is -2.37. The minimum absolute atomic E-state index is 0.0190. The molecule has 30 heavy (non-hydrogen) atoms. The van der Waals surface area contributed by atoms with Crippen LogP contribution < -0.4 is 11.0 Å². The van der Waals surface area contributed by atoms with E-state index in [4.69, 9.17) is 16.1 Å². The summed E-state index contributed by atoms with van der Waals surface area (Å²) in [5, 5.41) is 11.7. The van der Waals surface area contributed by atoms with Crippen molar-refractivity contribution in [2.75, 3.05) is 0 Å². The largest absolute Gasteiger partial charge is 0.352 e. The van der Waals surface area contributed by atoms with Crippen LogP contribution in [0.4, 0.5) is 0 Å². The maximum atomic E-state index is 12.7. The van der Waals surface area contributed by atoms with Gasteiger partial charge in [0.1, 0.15) is 6.54 Å². The number of amides is 1. The van der Waals surface area contributed by atoms with Crippen molar-refractivity contribution in [1.82, 2.24) is 29.6 Å². The van der Waals surface area contributed by atoms with Gasteiger partial charge in [0.05, 0.1) is 5.56 Å². The van der Waals surface area contributed by atoms with Crippen LogP contribution in [0.15, 0.2) is 51.9 Å². The van der Waals surface area contributed by atoms with Crippen molar-refractivity contribution >= 4 is 23.2 Å². The van der Waals surface area contributed by atoms with Gasteiger partial charge in [-0.3, -0.25) is 4.79 Å². The molecule has 4 rings (SSSR count). The highest BCUT2D eigenvalue weighted by molar-refractivity contribution is 6.30. The van der Waals surface area contributed by atoms with Crippen molar-refractivity contribution in [2.24, 2.45) is 0 Å². The molecule has 4 aromatic rings. The molecule has 9 nitrogen and oxygen atoms in total. The van der Waals surface area contributed by atoms with E-state index in [0.29, 0.717) is 22.1 Å². The van der Waals surface area contributed by atoms with Crippen LogP contribution in [0.5, 0.6) is 0 Å². The Morgan fingerprint density at radius 3 is 2.77 bits per heavy atom. The Labute approximate surface area is 176 Å². The zero-order valence-electron chi connectivity index (χ0n) is 16.4. The third-order valence-corrected chi connectivity index (χ3v) is 4.93. The van der Waals surface area contributed by atoms with Crippen molar-refractivity contribution in [2.45, 2.75) is 32.9 Å². The number of halogens is 1.